The molecule has 0 bridgehead atoms. The highest BCUT2D eigenvalue weighted by Gasteiger charge is 2.34. The molecule has 1 aromatic rings. The van der Waals surface area contributed by atoms with Crippen LogP contribution in [0.2, 0.25) is 0 Å². The molecule has 1 saturated carbocycles. The predicted octanol–water partition coefficient (Wildman–Crippen LogP) is 3.26. The van der Waals surface area contributed by atoms with E-state index >= 15 is 0 Å². The predicted molar refractivity (Wildman–Crippen MR) is 85.0 cm³/mol. The molecule has 1 aliphatic heterocycles. The highest BCUT2D eigenvalue weighted by molar-refractivity contribution is 9.10. The summed E-state index contributed by atoms with van der Waals surface area (Å²) in [5.74, 6) is 2.95. The van der Waals surface area contributed by atoms with Crippen molar-refractivity contribution in [3.8, 4) is 0 Å². The van der Waals surface area contributed by atoms with Crippen molar-refractivity contribution >= 4 is 21.7 Å². The summed E-state index contributed by atoms with van der Waals surface area (Å²) in [6.45, 7) is 7.79. The monoisotopic (exact) mass is 338 g/mol. The second kappa shape index (κ2) is 5.98. The summed E-state index contributed by atoms with van der Waals surface area (Å²) in [4.78, 5) is 11.7. The van der Waals surface area contributed by atoms with Gasteiger partial charge in [0.1, 0.15) is 16.2 Å². The zero-order valence-corrected chi connectivity index (χ0v) is 13.9. The van der Waals surface area contributed by atoms with Crippen molar-refractivity contribution in [2.75, 3.05) is 25.0 Å². The number of nitrogens with zero attached hydrogens (tertiary/aromatic N) is 3. The minimum absolute atomic E-state index is 0.352. The molecule has 110 valence electrons. The second-order valence-electron chi connectivity index (χ2n) is 6.35. The van der Waals surface area contributed by atoms with Crippen LogP contribution >= 0.6 is 15.9 Å². The molecule has 0 radical (unpaired) electrons. The van der Waals surface area contributed by atoms with Crippen molar-refractivity contribution in [1.82, 2.24) is 14.9 Å². The number of rotatable bonds is 5. The molecule has 1 unspecified atom stereocenters. The van der Waals surface area contributed by atoms with Crippen LogP contribution in [0.3, 0.4) is 0 Å². The molecule has 20 heavy (non-hydrogen) atoms. The quantitative estimate of drug-likeness (QED) is 0.836. The minimum Gasteiger partial charge on any atom is -0.370 e. The van der Waals surface area contributed by atoms with Gasteiger partial charge in [-0.2, -0.15) is 0 Å². The lowest BCUT2D eigenvalue weighted by atomic mass is 10.1. The van der Waals surface area contributed by atoms with Crippen LogP contribution in [0.1, 0.15) is 44.9 Å². The third kappa shape index (κ3) is 3.50. The first kappa shape index (κ1) is 14.3. The maximum absolute atomic E-state index is 4.59. The Morgan fingerprint density at radius 3 is 2.85 bits per heavy atom. The smallest absolute Gasteiger partial charge is 0.134 e. The van der Waals surface area contributed by atoms with Gasteiger partial charge in [0.2, 0.25) is 0 Å². The van der Waals surface area contributed by atoms with Crippen molar-refractivity contribution in [3.63, 3.8) is 0 Å². The Morgan fingerprint density at radius 1 is 1.35 bits per heavy atom. The SMILES string of the molecule is CC(C)c1nc(Br)cc(NCC2CCN(C3CC3)C2)n1. The molecule has 0 amide bonds. The molecule has 1 atom stereocenters. The third-order valence-corrected chi connectivity index (χ3v) is 4.59. The fourth-order valence-electron chi connectivity index (χ4n) is 2.83. The average Bonchev–Trinajstić information content (AvgIpc) is 3.15. The Balaban J connectivity index is 1.55. The van der Waals surface area contributed by atoms with Crippen molar-refractivity contribution in [1.29, 1.82) is 0 Å². The maximum atomic E-state index is 4.59. The summed E-state index contributed by atoms with van der Waals surface area (Å²) >= 11 is 3.47. The Morgan fingerprint density at radius 2 is 2.15 bits per heavy atom. The van der Waals surface area contributed by atoms with Gasteiger partial charge in [-0.1, -0.05) is 13.8 Å². The van der Waals surface area contributed by atoms with E-state index in [2.05, 4.69) is 50.0 Å². The zero-order chi connectivity index (χ0) is 14.1. The standard InChI is InChI=1S/C15H23BrN4/c1-10(2)15-18-13(16)7-14(19-15)17-8-11-5-6-20(9-11)12-3-4-12/h7,10-12H,3-6,8-9H2,1-2H3,(H,17,18,19). The summed E-state index contributed by atoms with van der Waals surface area (Å²) in [6.07, 6.45) is 4.14. The lowest BCUT2D eigenvalue weighted by molar-refractivity contribution is 0.316. The number of hydrogen-bond donors (Lipinski definition) is 1. The summed E-state index contributed by atoms with van der Waals surface area (Å²) in [7, 11) is 0. The zero-order valence-electron chi connectivity index (χ0n) is 12.3. The highest BCUT2D eigenvalue weighted by atomic mass is 79.9. The summed E-state index contributed by atoms with van der Waals surface area (Å²) < 4.78 is 0.865. The average molecular weight is 339 g/mol. The molecule has 0 spiro atoms. The van der Waals surface area contributed by atoms with Crippen LogP contribution in [0.4, 0.5) is 5.82 Å². The molecule has 1 aromatic heterocycles. The Labute approximate surface area is 129 Å². The molecule has 3 rings (SSSR count). The fraction of sp³-hybridized carbons (Fsp3) is 0.733. The van der Waals surface area contributed by atoms with Gasteiger partial charge in [-0.25, -0.2) is 9.97 Å². The Hall–Kier alpha value is -0.680. The molecular formula is C15H23BrN4. The first-order valence-corrected chi connectivity index (χ1v) is 8.43. The Bertz CT molecular complexity index is 473. The van der Waals surface area contributed by atoms with Crippen LogP contribution in [0.5, 0.6) is 0 Å². The first-order valence-electron chi connectivity index (χ1n) is 7.64. The largest absolute Gasteiger partial charge is 0.370 e. The molecule has 5 heteroatoms. The van der Waals surface area contributed by atoms with Crippen molar-refractivity contribution in [2.24, 2.45) is 5.92 Å². The molecule has 0 aromatic carbocycles. The van der Waals surface area contributed by atoms with Gasteiger partial charge in [0.25, 0.3) is 0 Å². The number of halogens is 1. The lowest BCUT2D eigenvalue weighted by Gasteiger charge is -2.16. The molecule has 2 heterocycles. The van der Waals surface area contributed by atoms with Crippen LogP contribution in [0.25, 0.3) is 0 Å². The van der Waals surface area contributed by atoms with E-state index in [0.717, 1.165) is 34.7 Å². The molecule has 1 aliphatic carbocycles. The molecule has 1 saturated heterocycles. The normalized spacial score (nSPS) is 23.5. The topological polar surface area (TPSA) is 41.1 Å². The molecule has 1 N–H and O–H groups in total. The highest BCUT2D eigenvalue weighted by Crippen LogP contribution is 2.31. The van der Waals surface area contributed by atoms with E-state index in [4.69, 9.17) is 0 Å². The van der Waals surface area contributed by atoms with Crippen LogP contribution in [-0.2, 0) is 0 Å². The molecule has 4 nitrogen and oxygen atoms in total. The van der Waals surface area contributed by atoms with E-state index in [1.807, 2.05) is 6.07 Å². The molecule has 2 aliphatic rings. The summed E-state index contributed by atoms with van der Waals surface area (Å²) in [5.41, 5.74) is 0. The van der Waals surface area contributed by atoms with Gasteiger partial charge in [0.15, 0.2) is 0 Å². The van der Waals surface area contributed by atoms with Crippen LogP contribution in [0.15, 0.2) is 10.7 Å². The lowest BCUT2D eigenvalue weighted by Crippen LogP contribution is -2.25. The fourth-order valence-corrected chi connectivity index (χ4v) is 3.23. The van der Waals surface area contributed by atoms with Gasteiger partial charge in [-0.15, -0.1) is 0 Å². The number of aromatic nitrogens is 2. The van der Waals surface area contributed by atoms with Crippen LogP contribution in [-0.4, -0.2) is 40.5 Å². The van der Waals surface area contributed by atoms with Crippen LogP contribution < -0.4 is 5.32 Å². The summed E-state index contributed by atoms with van der Waals surface area (Å²) in [6, 6.07) is 2.88. The maximum Gasteiger partial charge on any atom is 0.134 e. The van der Waals surface area contributed by atoms with Gasteiger partial charge >= 0.3 is 0 Å². The summed E-state index contributed by atoms with van der Waals surface area (Å²) in [5, 5.41) is 3.49. The number of nitrogens with one attached hydrogen (secondary N) is 1. The van der Waals surface area contributed by atoms with E-state index in [9.17, 15) is 0 Å². The van der Waals surface area contributed by atoms with Crippen molar-refractivity contribution in [2.45, 2.75) is 45.1 Å². The number of anilines is 1. The van der Waals surface area contributed by atoms with Gasteiger partial charge in [0.05, 0.1) is 0 Å². The van der Waals surface area contributed by atoms with Gasteiger partial charge in [-0.3, -0.25) is 0 Å². The number of hydrogen-bond acceptors (Lipinski definition) is 4. The van der Waals surface area contributed by atoms with Gasteiger partial charge in [-0.05, 0) is 47.7 Å². The number of likely N-dealkylation sites (tertiary alicyclic amines) is 1. The molecular weight excluding hydrogens is 316 g/mol. The van der Waals surface area contributed by atoms with E-state index in [1.54, 1.807) is 0 Å². The van der Waals surface area contributed by atoms with E-state index in [1.165, 1.54) is 32.4 Å². The van der Waals surface area contributed by atoms with Gasteiger partial charge < -0.3 is 10.2 Å². The van der Waals surface area contributed by atoms with Crippen molar-refractivity contribution < 1.29 is 0 Å². The second-order valence-corrected chi connectivity index (χ2v) is 7.16. The third-order valence-electron chi connectivity index (χ3n) is 4.18. The van der Waals surface area contributed by atoms with Gasteiger partial charge in [0, 0.05) is 31.1 Å². The minimum atomic E-state index is 0.352. The van der Waals surface area contributed by atoms with Crippen LogP contribution in [0, 0.1) is 5.92 Å². The van der Waals surface area contributed by atoms with E-state index < -0.39 is 0 Å². The van der Waals surface area contributed by atoms with Crippen molar-refractivity contribution in [3.05, 3.63) is 16.5 Å². The Kier molecular flexibility index (Phi) is 4.26. The first-order chi connectivity index (χ1) is 9.61. The van der Waals surface area contributed by atoms with E-state index in [0.29, 0.717) is 5.92 Å². The molecule has 2 fully saturated rings. The van der Waals surface area contributed by atoms with E-state index in [-0.39, 0.29) is 0 Å².